The highest BCUT2D eigenvalue weighted by Gasteiger charge is 2.09. The molecule has 0 aliphatic carbocycles. The molecular formula is C15H29IN4S. The summed E-state index contributed by atoms with van der Waals surface area (Å²) in [5, 5.41) is 10.1. The second-order valence-corrected chi connectivity index (χ2v) is 6.65. The zero-order valence-electron chi connectivity index (χ0n) is 13.9. The number of hydrogen-bond acceptors (Lipinski definition) is 3. The van der Waals surface area contributed by atoms with E-state index in [9.17, 15) is 0 Å². The smallest absolute Gasteiger partial charge is 0.191 e. The molecule has 1 atom stereocenters. The Morgan fingerprint density at radius 2 is 1.95 bits per heavy atom. The van der Waals surface area contributed by atoms with E-state index in [2.05, 4.69) is 60.6 Å². The number of guanidine groups is 1. The fourth-order valence-corrected chi connectivity index (χ4v) is 2.46. The first-order valence-electron chi connectivity index (χ1n) is 7.35. The van der Waals surface area contributed by atoms with Crippen molar-refractivity contribution < 1.29 is 0 Å². The van der Waals surface area contributed by atoms with Gasteiger partial charge < -0.3 is 10.6 Å². The summed E-state index contributed by atoms with van der Waals surface area (Å²) in [7, 11) is 1.81. The maximum atomic E-state index is 4.64. The Kier molecular flexibility index (Phi) is 10.2. The molecule has 1 heterocycles. The summed E-state index contributed by atoms with van der Waals surface area (Å²) in [6.45, 7) is 11.8. The van der Waals surface area contributed by atoms with Crippen molar-refractivity contribution in [2.75, 3.05) is 13.6 Å². The van der Waals surface area contributed by atoms with Gasteiger partial charge in [-0.1, -0.05) is 27.7 Å². The Morgan fingerprint density at radius 1 is 1.29 bits per heavy atom. The maximum absolute atomic E-state index is 4.64. The van der Waals surface area contributed by atoms with Crippen LogP contribution in [0.3, 0.4) is 0 Å². The molecule has 1 aromatic heterocycles. The fourth-order valence-electron chi connectivity index (χ4n) is 1.59. The first-order valence-corrected chi connectivity index (χ1v) is 8.23. The van der Waals surface area contributed by atoms with Gasteiger partial charge in [-0.2, -0.15) is 0 Å². The predicted octanol–water partition coefficient (Wildman–Crippen LogP) is 3.64. The molecule has 0 spiro atoms. The summed E-state index contributed by atoms with van der Waals surface area (Å²) in [5.41, 5.74) is 1.17. The number of nitrogens with one attached hydrogen (secondary N) is 2. The zero-order valence-corrected chi connectivity index (χ0v) is 17.1. The largest absolute Gasteiger partial charge is 0.356 e. The molecule has 0 bridgehead atoms. The Bertz CT molecular complexity index is 429. The minimum Gasteiger partial charge on any atom is -0.356 e. The molecule has 2 N–H and O–H groups in total. The van der Waals surface area contributed by atoms with Crippen LogP contribution in [0.1, 0.15) is 51.2 Å². The predicted molar refractivity (Wildman–Crippen MR) is 104 cm³/mol. The van der Waals surface area contributed by atoms with Gasteiger partial charge in [-0.3, -0.25) is 4.99 Å². The molecule has 0 aliphatic rings. The van der Waals surface area contributed by atoms with Crippen molar-refractivity contribution in [3.63, 3.8) is 0 Å². The highest BCUT2D eigenvalue weighted by atomic mass is 127. The summed E-state index contributed by atoms with van der Waals surface area (Å²) >= 11 is 1.75. The second-order valence-electron chi connectivity index (χ2n) is 5.76. The molecular weight excluding hydrogens is 395 g/mol. The molecule has 6 heteroatoms. The van der Waals surface area contributed by atoms with Gasteiger partial charge in [0.25, 0.3) is 0 Å². The summed E-state index contributed by atoms with van der Waals surface area (Å²) in [6.07, 6.45) is 0.931. The van der Waals surface area contributed by atoms with Crippen molar-refractivity contribution in [3.8, 4) is 0 Å². The minimum absolute atomic E-state index is 0. The third-order valence-corrected chi connectivity index (χ3v) is 4.52. The molecule has 0 saturated carbocycles. The van der Waals surface area contributed by atoms with E-state index in [1.807, 2.05) is 7.05 Å². The van der Waals surface area contributed by atoms with Crippen LogP contribution in [0.15, 0.2) is 10.4 Å². The van der Waals surface area contributed by atoms with Gasteiger partial charge in [0.2, 0.25) is 0 Å². The van der Waals surface area contributed by atoms with Crippen molar-refractivity contribution in [1.82, 2.24) is 15.6 Å². The van der Waals surface area contributed by atoms with Gasteiger partial charge >= 0.3 is 0 Å². The lowest BCUT2D eigenvalue weighted by Gasteiger charge is -2.20. The van der Waals surface area contributed by atoms with Crippen LogP contribution in [0.5, 0.6) is 0 Å². The van der Waals surface area contributed by atoms with Gasteiger partial charge in [-0.15, -0.1) is 35.3 Å². The summed E-state index contributed by atoms with van der Waals surface area (Å²) in [6, 6.07) is 0.410. The molecule has 0 aromatic carbocycles. The van der Waals surface area contributed by atoms with E-state index in [1.165, 1.54) is 10.7 Å². The van der Waals surface area contributed by atoms with E-state index in [4.69, 9.17) is 0 Å². The SMILES string of the molecule is CN=C(NCCc1csc(C(C)C)n1)NC(C)C(C)C.I. The standard InChI is InChI=1S/C15H28N4S.HI/c1-10(2)12(5)18-15(16-6)17-8-7-13-9-20-14(19-13)11(3)4;/h9-12H,7-8H2,1-6H3,(H2,16,17,18);1H. The maximum Gasteiger partial charge on any atom is 0.191 e. The highest BCUT2D eigenvalue weighted by Crippen LogP contribution is 2.19. The average Bonchev–Trinajstić information content (AvgIpc) is 2.86. The first kappa shape index (κ1) is 20.6. The molecule has 0 radical (unpaired) electrons. The van der Waals surface area contributed by atoms with Crippen molar-refractivity contribution in [3.05, 3.63) is 16.1 Å². The monoisotopic (exact) mass is 424 g/mol. The summed E-state index contributed by atoms with van der Waals surface area (Å²) in [4.78, 5) is 8.89. The Balaban J connectivity index is 0.00000400. The van der Waals surface area contributed by atoms with E-state index >= 15 is 0 Å². The summed E-state index contributed by atoms with van der Waals surface area (Å²) < 4.78 is 0. The molecule has 1 unspecified atom stereocenters. The molecule has 0 fully saturated rings. The number of rotatable bonds is 6. The van der Waals surface area contributed by atoms with Crippen LogP contribution in [-0.2, 0) is 6.42 Å². The lowest BCUT2D eigenvalue weighted by atomic mass is 10.1. The van der Waals surface area contributed by atoms with E-state index in [-0.39, 0.29) is 24.0 Å². The lowest BCUT2D eigenvalue weighted by molar-refractivity contribution is 0.481. The second kappa shape index (κ2) is 10.4. The molecule has 1 rings (SSSR count). The van der Waals surface area contributed by atoms with Crippen LogP contribution < -0.4 is 10.6 Å². The third kappa shape index (κ3) is 7.44. The van der Waals surface area contributed by atoms with E-state index in [1.54, 1.807) is 11.3 Å². The average molecular weight is 424 g/mol. The van der Waals surface area contributed by atoms with E-state index in [0.717, 1.165) is 18.9 Å². The molecule has 0 aliphatic heterocycles. The number of aromatic nitrogens is 1. The molecule has 1 aromatic rings. The topological polar surface area (TPSA) is 49.3 Å². The fraction of sp³-hybridized carbons (Fsp3) is 0.733. The Labute approximate surface area is 150 Å². The molecule has 21 heavy (non-hydrogen) atoms. The number of thiazole rings is 1. The van der Waals surface area contributed by atoms with Crippen molar-refractivity contribution in [1.29, 1.82) is 0 Å². The van der Waals surface area contributed by atoms with Crippen molar-refractivity contribution >= 4 is 41.3 Å². The number of halogens is 1. The normalized spacial score (nSPS) is 13.2. The van der Waals surface area contributed by atoms with E-state index in [0.29, 0.717) is 17.9 Å². The minimum atomic E-state index is 0. The lowest BCUT2D eigenvalue weighted by Crippen LogP contribution is -2.44. The zero-order chi connectivity index (χ0) is 15.1. The molecule has 0 saturated heterocycles. The highest BCUT2D eigenvalue weighted by molar-refractivity contribution is 14.0. The molecule has 4 nitrogen and oxygen atoms in total. The Morgan fingerprint density at radius 3 is 2.43 bits per heavy atom. The number of nitrogens with zero attached hydrogens (tertiary/aromatic N) is 2. The molecule has 122 valence electrons. The number of aliphatic imine (C=N–C) groups is 1. The van der Waals surface area contributed by atoms with Gasteiger partial charge in [0.05, 0.1) is 10.7 Å². The third-order valence-electron chi connectivity index (χ3n) is 3.32. The van der Waals surface area contributed by atoms with Crippen LogP contribution in [0.4, 0.5) is 0 Å². The van der Waals surface area contributed by atoms with E-state index < -0.39 is 0 Å². The van der Waals surface area contributed by atoms with Gasteiger partial charge in [0.1, 0.15) is 0 Å². The first-order chi connectivity index (χ1) is 9.43. The van der Waals surface area contributed by atoms with Gasteiger partial charge in [0, 0.05) is 37.4 Å². The van der Waals surface area contributed by atoms with Gasteiger partial charge in [-0.25, -0.2) is 4.98 Å². The van der Waals surface area contributed by atoms with Gasteiger partial charge in [0.15, 0.2) is 5.96 Å². The Hall–Kier alpha value is -0.370. The van der Waals surface area contributed by atoms with Crippen molar-refractivity contribution in [2.24, 2.45) is 10.9 Å². The summed E-state index contributed by atoms with van der Waals surface area (Å²) in [5.74, 6) is 1.97. The molecule has 0 amide bonds. The van der Waals surface area contributed by atoms with Crippen LogP contribution >= 0.6 is 35.3 Å². The van der Waals surface area contributed by atoms with Crippen LogP contribution in [0.2, 0.25) is 0 Å². The van der Waals surface area contributed by atoms with Crippen molar-refractivity contribution in [2.45, 2.75) is 53.0 Å². The quantitative estimate of drug-likeness (QED) is 0.417. The van der Waals surface area contributed by atoms with Gasteiger partial charge in [-0.05, 0) is 12.8 Å². The number of hydrogen-bond donors (Lipinski definition) is 2. The van der Waals surface area contributed by atoms with Crippen LogP contribution in [0, 0.1) is 5.92 Å². The van der Waals surface area contributed by atoms with Crippen LogP contribution in [-0.4, -0.2) is 30.6 Å². The van der Waals surface area contributed by atoms with Crippen LogP contribution in [0.25, 0.3) is 0 Å².